The van der Waals surface area contributed by atoms with Crippen LogP contribution in [0, 0.1) is 0 Å². The molecule has 0 bridgehead atoms. The number of hydrogen-bond acceptors (Lipinski definition) is 5. The van der Waals surface area contributed by atoms with Crippen molar-refractivity contribution in [2.45, 2.75) is 12.5 Å². The predicted octanol–water partition coefficient (Wildman–Crippen LogP) is 4.23. The molecule has 6 heteroatoms. The molecule has 162 valence electrons. The summed E-state index contributed by atoms with van der Waals surface area (Å²) in [7, 11) is 0. The third-order valence-corrected chi connectivity index (χ3v) is 5.92. The van der Waals surface area contributed by atoms with Crippen molar-refractivity contribution in [2.24, 2.45) is 0 Å². The quantitative estimate of drug-likeness (QED) is 0.630. The standard InChI is InChI=1S/C26H24N2O4/c29-25(27-22-8-4-5-9-23(22)28-12-14-31-15-13-28)19-10-11-21-20(16-19)17-24(32-26(21)30)18-6-2-1-3-7-18/h1-11,16,24H,12-15,17H2,(H,27,29)/t24-/m0/s1. The molecule has 2 aliphatic rings. The van der Waals surface area contributed by atoms with Crippen molar-refractivity contribution in [3.63, 3.8) is 0 Å². The summed E-state index contributed by atoms with van der Waals surface area (Å²) in [5, 5.41) is 3.05. The lowest BCUT2D eigenvalue weighted by molar-refractivity contribution is 0.0252. The molecular formula is C26H24N2O4. The molecule has 3 aromatic rings. The molecular weight excluding hydrogens is 404 g/mol. The van der Waals surface area contributed by atoms with Gasteiger partial charge in [-0.05, 0) is 41.5 Å². The number of anilines is 2. The smallest absolute Gasteiger partial charge is 0.339 e. The van der Waals surface area contributed by atoms with Crippen LogP contribution >= 0.6 is 0 Å². The van der Waals surface area contributed by atoms with Gasteiger partial charge in [-0.15, -0.1) is 0 Å². The molecule has 0 unspecified atom stereocenters. The van der Waals surface area contributed by atoms with Crippen molar-refractivity contribution in [2.75, 3.05) is 36.5 Å². The molecule has 2 heterocycles. The molecule has 0 radical (unpaired) electrons. The van der Waals surface area contributed by atoms with Crippen LogP contribution in [0.25, 0.3) is 0 Å². The Balaban J connectivity index is 1.38. The van der Waals surface area contributed by atoms with Crippen molar-refractivity contribution in [1.82, 2.24) is 0 Å². The van der Waals surface area contributed by atoms with Crippen LogP contribution in [0.2, 0.25) is 0 Å². The van der Waals surface area contributed by atoms with Gasteiger partial charge in [0.15, 0.2) is 0 Å². The van der Waals surface area contributed by atoms with Gasteiger partial charge in [0.25, 0.3) is 5.91 Å². The minimum absolute atomic E-state index is 0.205. The normalized spacial score (nSPS) is 17.9. The highest BCUT2D eigenvalue weighted by molar-refractivity contribution is 6.06. The fourth-order valence-corrected chi connectivity index (χ4v) is 4.24. The Morgan fingerprint density at radius 3 is 2.50 bits per heavy atom. The maximum absolute atomic E-state index is 13.1. The van der Waals surface area contributed by atoms with Crippen LogP contribution in [-0.2, 0) is 15.9 Å². The molecule has 0 saturated carbocycles. The van der Waals surface area contributed by atoms with Crippen LogP contribution in [0.15, 0.2) is 72.8 Å². The van der Waals surface area contributed by atoms with Gasteiger partial charge >= 0.3 is 5.97 Å². The Bertz CT molecular complexity index is 1140. The maximum atomic E-state index is 13.1. The molecule has 1 N–H and O–H groups in total. The Labute approximate surface area is 186 Å². The summed E-state index contributed by atoms with van der Waals surface area (Å²) in [5.41, 5.74) is 4.54. The summed E-state index contributed by atoms with van der Waals surface area (Å²) in [6.45, 7) is 2.92. The van der Waals surface area contributed by atoms with Crippen molar-refractivity contribution in [3.05, 3.63) is 95.1 Å². The maximum Gasteiger partial charge on any atom is 0.339 e. The molecule has 0 aliphatic carbocycles. The van der Waals surface area contributed by atoms with E-state index >= 15 is 0 Å². The summed E-state index contributed by atoms with van der Waals surface area (Å²) in [4.78, 5) is 27.8. The Morgan fingerprint density at radius 1 is 0.938 bits per heavy atom. The van der Waals surface area contributed by atoms with Crippen LogP contribution in [-0.4, -0.2) is 38.2 Å². The molecule has 0 aromatic heterocycles. The van der Waals surface area contributed by atoms with E-state index in [1.165, 1.54) is 0 Å². The van der Waals surface area contributed by atoms with Crippen molar-refractivity contribution in [1.29, 1.82) is 0 Å². The van der Waals surface area contributed by atoms with Gasteiger partial charge in [0, 0.05) is 25.1 Å². The van der Waals surface area contributed by atoms with E-state index in [1.807, 2.05) is 54.6 Å². The summed E-state index contributed by atoms with van der Waals surface area (Å²) in [6, 6.07) is 22.6. The molecule has 2 aliphatic heterocycles. The van der Waals surface area contributed by atoms with E-state index in [0.717, 1.165) is 35.6 Å². The molecule has 1 fully saturated rings. The van der Waals surface area contributed by atoms with Crippen LogP contribution in [0.3, 0.4) is 0 Å². The van der Waals surface area contributed by atoms with Gasteiger partial charge in [-0.1, -0.05) is 42.5 Å². The third-order valence-electron chi connectivity index (χ3n) is 5.92. The summed E-state index contributed by atoms with van der Waals surface area (Å²) < 4.78 is 11.1. The topological polar surface area (TPSA) is 67.9 Å². The first kappa shape index (κ1) is 20.3. The van der Waals surface area contributed by atoms with Gasteiger partial charge in [-0.2, -0.15) is 0 Å². The van der Waals surface area contributed by atoms with Crippen molar-refractivity contribution >= 4 is 23.3 Å². The average Bonchev–Trinajstić information content (AvgIpc) is 2.85. The van der Waals surface area contributed by atoms with E-state index in [4.69, 9.17) is 9.47 Å². The number of benzene rings is 3. The monoisotopic (exact) mass is 428 g/mol. The second-order valence-electron chi connectivity index (χ2n) is 7.95. The summed E-state index contributed by atoms with van der Waals surface area (Å²) in [6.07, 6.45) is 0.188. The van der Waals surface area contributed by atoms with E-state index in [-0.39, 0.29) is 18.0 Å². The number of morpholine rings is 1. The number of ether oxygens (including phenoxy) is 2. The Hall–Kier alpha value is -3.64. The van der Waals surface area contributed by atoms with Gasteiger partial charge in [-0.25, -0.2) is 4.79 Å². The van der Waals surface area contributed by atoms with Gasteiger partial charge in [0.1, 0.15) is 6.10 Å². The summed E-state index contributed by atoms with van der Waals surface area (Å²) >= 11 is 0. The second kappa shape index (κ2) is 8.85. The molecule has 6 nitrogen and oxygen atoms in total. The number of rotatable bonds is 4. The third kappa shape index (κ3) is 4.09. The van der Waals surface area contributed by atoms with Crippen LogP contribution < -0.4 is 10.2 Å². The number of nitrogens with zero attached hydrogens (tertiary/aromatic N) is 1. The number of fused-ring (bicyclic) bond motifs is 1. The first-order valence-corrected chi connectivity index (χ1v) is 10.8. The number of carbonyl (C=O) groups is 2. The van der Waals surface area contributed by atoms with Gasteiger partial charge in [0.05, 0.1) is 30.2 Å². The second-order valence-corrected chi connectivity index (χ2v) is 7.95. The number of carbonyl (C=O) groups excluding carboxylic acids is 2. The minimum atomic E-state index is -0.357. The number of para-hydroxylation sites is 2. The molecule has 32 heavy (non-hydrogen) atoms. The molecule has 5 rings (SSSR count). The van der Waals surface area contributed by atoms with E-state index < -0.39 is 0 Å². The lowest BCUT2D eigenvalue weighted by Gasteiger charge is -2.30. The molecule has 1 atom stereocenters. The molecule has 1 saturated heterocycles. The van der Waals surface area contributed by atoms with Gasteiger partial charge in [-0.3, -0.25) is 4.79 Å². The van der Waals surface area contributed by atoms with Crippen LogP contribution in [0.5, 0.6) is 0 Å². The van der Waals surface area contributed by atoms with Gasteiger partial charge < -0.3 is 19.7 Å². The number of cyclic esters (lactones) is 1. The highest BCUT2D eigenvalue weighted by atomic mass is 16.5. The fraction of sp³-hybridized carbons (Fsp3) is 0.231. The fourth-order valence-electron chi connectivity index (χ4n) is 4.24. The van der Waals surface area contributed by atoms with E-state index in [1.54, 1.807) is 18.2 Å². The summed E-state index contributed by atoms with van der Waals surface area (Å²) in [5.74, 6) is -0.562. The van der Waals surface area contributed by atoms with Gasteiger partial charge in [0.2, 0.25) is 0 Å². The largest absolute Gasteiger partial charge is 0.454 e. The Kier molecular flexibility index (Phi) is 5.60. The minimum Gasteiger partial charge on any atom is -0.454 e. The van der Waals surface area contributed by atoms with Crippen LogP contribution in [0.4, 0.5) is 11.4 Å². The van der Waals surface area contributed by atoms with Crippen molar-refractivity contribution < 1.29 is 19.1 Å². The average molecular weight is 428 g/mol. The van der Waals surface area contributed by atoms with Crippen molar-refractivity contribution in [3.8, 4) is 0 Å². The van der Waals surface area contributed by atoms with E-state index in [9.17, 15) is 9.59 Å². The Morgan fingerprint density at radius 2 is 1.69 bits per heavy atom. The molecule has 0 spiro atoms. The lowest BCUT2D eigenvalue weighted by Crippen LogP contribution is -2.36. The lowest BCUT2D eigenvalue weighted by atomic mass is 9.93. The first-order chi connectivity index (χ1) is 15.7. The zero-order chi connectivity index (χ0) is 21.9. The van der Waals surface area contributed by atoms with E-state index in [2.05, 4.69) is 10.2 Å². The number of hydrogen-bond donors (Lipinski definition) is 1. The zero-order valence-electron chi connectivity index (χ0n) is 17.6. The molecule has 3 aromatic carbocycles. The SMILES string of the molecule is O=C(Nc1ccccc1N1CCOCC1)c1ccc2c(c1)C[C@@H](c1ccccc1)OC2=O. The van der Waals surface area contributed by atoms with Crippen LogP contribution in [0.1, 0.15) is 37.9 Å². The zero-order valence-corrected chi connectivity index (χ0v) is 17.6. The number of esters is 1. The number of nitrogens with one attached hydrogen (secondary N) is 1. The predicted molar refractivity (Wildman–Crippen MR) is 122 cm³/mol. The number of amides is 1. The first-order valence-electron chi connectivity index (χ1n) is 10.8. The van der Waals surface area contributed by atoms with E-state index in [0.29, 0.717) is 30.8 Å². The molecule has 1 amide bonds. The highest BCUT2D eigenvalue weighted by Gasteiger charge is 2.28. The highest BCUT2D eigenvalue weighted by Crippen LogP contribution is 2.32.